The van der Waals surface area contributed by atoms with E-state index in [1.165, 1.54) is 78.1 Å². The number of benzene rings is 7. The van der Waals surface area contributed by atoms with Crippen molar-refractivity contribution in [2.75, 3.05) is 14.7 Å². The number of nitrogens with zero attached hydrogens (tertiary/aromatic N) is 4. The molecule has 416 valence electrons. The number of rotatable bonds is 15. The summed E-state index contributed by atoms with van der Waals surface area (Å²) >= 11 is 0. The molecule has 0 aliphatic carbocycles. The molecular weight excluding hydrogens is 969 g/mol. The first-order valence-electron chi connectivity index (χ1n) is 31.0. The van der Waals surface area contributed by atoms with E-state index < -0.39 is 0 Å². The third-order valence-electron chi connectivity index (χ3n) is 20.6. The minimum absolute atomic E-state index is 0.291. The Hall–Kier alpha value is -6.57. The maximum atomic E-state index is 12.4. The maximum Gasteiger partial charge on any atom is 0.104 e. The van der Waals surface area contributed by atoms with E-state index in [1.807, 2.05) is 0 Å². The molecule has 0 fully saturated rings. The quantitative estimate of drug-likeness (QED) is 0.102. The predicted molar refractivity (Wildman–Crippen MR) is 344 cm³/mol. The van der Waals surface area contributed by atoms with Gasteiger partial charge < -0.3 is 14.7 Å². The second-order valence-electron chi connectivity index (χ2n) is 26.4. The summed E-state index contributed by atoms with van der Waals surface area (Å²) in [4.78, 5) is 7.54. The highest BCUT2D eigenvalue weighted by atomic mass is 15.2. The second-order valence-corrected chi connectivity index (χ2v) is 26.4. The van der Waals surface area contributed by atoms with E-state index in [0.29, 0.717) is 41.1 Å². The number of anilines is 9. The zero-order chi connectivity index (χ0) is 57.5. The summed E-state index contributed by atoms with van der Waals surface area (Å²) in [6.45, 7) is 42.5. The molecule has 0 bridgehead atoms. The Morgan fingerprint density at radius 2 is 0.512 bits per heavy atom. The molecule has 3 aliphatic rings. The Morgan fingerprint density at radius 3 is 0.700 bits per heavy atom. The highest BCUT2D eigenvalue weighted by Crippen LogP contribution is 2.61. The lowest BCUT2D eigenvalue weighted by Gasteiger charge is -2.46. The predicted octanol–water partition coefficient (Wildman–Crippen LogP) is 23.0. The molecule has 4 heteroatoms. The summed E-state index contributed by atoms with van der Waals surface area (Å²) in [7, 11) is 0. The number of hydrogen-bond acceptors (Lipinski definition) is 4. The van der Waals surface area contributed by atoms with Crippen molar-refractivity contribution in [3.8, 4) is 6.07 Å². The van der Waals surface area contributed by atoms with Crippen LogP contribution < -0.4 is 14.7 Å². The molecule has 6 atom stereocenters. The largest absolute Gasteiger partial charge is 0.310 e. The van der Waals surface area contributed by atoms with E-state index >= 15 is 0 Å². The van der Waals surface area contributed by atoms with Crippen molar-refractivity contribution in [2.24, 2.45) is 0 Å². The van der Waals surface area contributed by atoms with Crippen LogP contribution in [0.4, 0.5) is 51.2 Å². The van der Waals surface area contributed by atoms with Gasteiger partial charge in [0.25, 0.3) is 0 Å². The van der Waals surface area contributed by atoms with Gasteiger partial charge in [0, 0.05) is 16.2 Å². The fourth-order valence-electron chi connectivity index (χ4n) is 13.6. The Kier molecular flexibility index (Phi) is 15.2. The summed E-state index contributed by atoms with van der Waals surface area (Å²) in [5, 5.41) is 12.4. The summed E-state index contributed by atoms with van der Waals surface area (Å²) < 4.78 is 0. The molecule has 4 nitrogen and oxygen atoms in total. The van der Waals surface area contributed by atoms with E-state index in [1.54, 1.807) is 0 Å². The van der Waals surface area contributed by atoms with Gasteiger partial charge in [-0.3, -0.25) is 0 Å². The van der Waals surface area contributed by atoms with Crippen LogP contribution in [0, 0.1) is 11.3 Å². The fraction of sp³-hybridized carbons (Fsp3) is 0.434. The second kappa shape index (κ2) is 21.4. The summed E-state index contributed by atoms with van der Waals surface area (Å²) in [5.74, 6) is 2.44. The standard InChI is InChI=1S/C76H92N4/c1-19-46(7)52-25-31-66-60(37-52)74(13,14)61-38-53(47(8)20-2)26-32-67(61)78(66)58-43-72(79-68-33-27-54(48(9)21-3)39-62(68)75(15,16)63-40-55(49(10)22-4)28-34-69(63)79)59(45-77)73(44-58)80-70-35-29-56(50(11)23-5)41-64(70)76(17,18)65-42-57(51(12)24-6)30-36-71(65)80/h25-44,46-51H,19-24H2,1-18H3. The topological polar surface area (TPSA) is 33.5 Å². The zero-order valence-electron chi connectivity index (χ0n) is 52.0. The van der Waals surface area contributed by atoms with Gasteiger partial charge in [-0.1, -0.05) is 197 Å². The smallest absolute Gasteiger partial charge is 0.104 e. The summed E-state index contributed by atoms with van der Waals surface area (Å²) in [6.07, 6.45) is 6.37. The molecule has 7 aromatic rings. The minimum atomic E-state index is -0.324. The Bertz CT molecular complexity index is 3200. The van der Waals surface area contributed by atoms with Crippen molar-refractivity contribution >= 4 is 51.2 Å². The van der Waals surface area contributed by atoms with Gasteiger partial charge >= 0.3 is 0 Å². The van der Waals surface area contributed by atoms with Gasteiger partial charge in [-0.2, -0.15) is 5.26 Å². The normalized spacial score (nSPS) is 17.6. The molecule has 7 aromatic carbocycles. The molecule has 0 aromatic heterocycles. The molecule has 0 saturated heterocycles. The van der Waals surface area contributed by atoms with Gasteiger partial charge in [0.05, 0.1) is 51.2 Å². The lowest BCUT2D eigenvalue weighted by molar-refractivity contribution is 0.622. The monoisotopic (exact) mass is 1060 g/mol. The number of fused-ring (bicyclic) bond motifs is 6. The summed E-state index contributed by atoms with van der Waals surface area (Å²) in [5.41, 5.74) is 25.3. The molecule has 3 aliphatic heterocycles. The van der Waals surface area contributed by atoms with Crippen LogP contribution in [0.15, 0.2) is 121 Å². The van der Waals surface area contributed by atoms with E-state index in [2.05, 4.69) is 267 Å². The average molecular weight is 1060 g/mol. The Morgan fingerprint density at radius 1 is 0.312 bits per heavy atom. The van der Waals surface area contributed by atoms with Crippen LogP contribution in [0.3, 0.4) is 0 Å². The lowest BCUT2D eigenvalue weighted by Crippen LogP contribution is -2.33. The van der Waals surface area contributed by atoms with Gasteiger partial charge in [-0.15, -0.1) is 0 Å². The highest BCUT2D eigenvalue weighted by Gasteiger charge is 2.44. The van der Waals surface area contributed by atoms with E-state index in [0.717, 1.165) is 78.3 Å². The molecule has 10 rings (SSSR count). The van der Waals surface area contributed by atoms with Crippen molar-refractivity contribution in [1.82, 2.24) is 0 Å². The van der Waals surface area contributed by atoms with Crippen LogP contribution in [0.1, 0.15) is 271 Å². The Balaban J connectivity index is 1.38. The van der Waals surface area contributed by atoms with Crippen molar-refractivity contribution in [1.29, 1.82) is 5.26 Å². The third-order valence-corrected chi connectivity index (χ3v) is 20.6. The molecule has 0 spiro atoms. The summed E-state index contributed by atoms with van der Waals surface area (Å²) in [6, 6.07) is 51.3. The SMILES string of the molecule is CCC(C)c1ccc2c(c1)C(C)(C)c1cc(C(C)CC)ccc1N2c1cc(N2c3ccc(C(C)CC)cc3C(C)(C)c3cc(C(C)CC)ccc32)c(C#N)c(N2c3ccc(C(C)CC)cc3C(C)(C)c3cc(C(C)CC)ccc32)c1. The van der Waals surface area contributed by atoms with Crippen LogP contribution in [0.2, 0.25) is 0 Å². The van der Waals surface area contributed by atoms with Crippen molar-refractivity contribution in [2.45, 2.75) is 215 Å². The molecule has 0 radical (unpaired) electrons. The molecular formula is C76H92N4. The minimum Gasteiger partial charge on any atom is -0.310 e. The van der Waals surface area contributed by atoms with Crippen LogP contribution in [0.5, 0.6) is 0 Å². The first kappa shape index (κ1) is 56.7. The molecule has 6 unspecified atom stereocenters. The maximum absolute atomic E-state index is 12.4. The Labute approximate surface area is 483 Å². The van der Waals surface area contributed by atoms with Crippen LogP contribution in [-0.4, -0.2) is 0 Å². The van der Waals surface area contributed by atoms with Gasteiger partial charge in [0.15, 0.2) is 0 Å². The van der Waals surface area contributed by atoms with Crippen LogP contribution in [-0.2, 0) is 16.2 Å². The number of hydrogen-bond donors (Lipinski definition) is 0. The molecule has 3 heterocycles. The van der Waals surface area contributed by atoms with Crippen LogP contribution >= 0.6 is 0 Å². The lowest BCUT2D eigenvalue weighted by atomic mass is 9.71. The van der Waals surface area contributed by atoms with Gasteiger partial charge in [0.2, 0.25) is 0 Å². The van der Waals surface area contributed by atoms with Gasteiger partial charge in [-0.25, -0.2) is 0 Å². The molecule has 0 N–H and O–H groups in total. The van der Waals surface area contributed by atoms with Crippen molar-refractivity contribution in [3.05, 3.63) is 194 Å². The molecule has 0 amide bonds. The third kappa shape index (κ3) is 9.09. The first-order valence-corrected chi connectivity index (χ1v) is 31.0. The first-order chi connectivity index (χ1) is 38.1. The van der Waals surface area contributed by atoms with Gasteiger partial charge in [0.1, 0.15) is 11.6 Å². The fourth-order valence-corrected chi connectivity index (χ4v) is 13.6. The van der Waals surface area contributed by atoms with Crippen molar-refractivity contribution < 1.29 is 0 Å². The number of nitriles is 1. The van der Waals surface area contributed by atoms with Crippen LogP contribution in [0.25, 0.3) is 0 Å². The molecule has 80 heavy (non-hydrogen) atoms. The van der Waals surface area contributed by atoms with E-state index in [-0.39, 0.29) is 16.2 Å². The van der Waals surface area contributed by atoms with E-state index in [4.69, 9.17) is 0 Å². The average Bonchev–Trinajstić information content (AvgIpc) is 3.56. The van der Waals surface area contributed by atoms with E-state index in [9.17, 15) is 5.26 Å². The highest BCUT2D eigenvalue weighted by molar-refractivity contribution is 5.99. The van der Waals surface area contributed by atoms with Crippen molar-refractivity contribution in [3.63, 3.8) is 0 Å². The van der Waals surface area contributed by atoms with Gasteiger partial charge in [-0.05, 0) is 189 Å². The molecule has 0 saturated carbocycles. The zero-order valence-corrected chi connectivity index (χ0v) is 52.0.